The highest BCUT2D eigenvalue weighted by Crippen LogP contribution is 2.46. The molecule has 16 heteroatoms. The molecule has 2 saturated heterocycles. The van der Waals surface area contributed by atoms with E-state index in [1.807, 2.05) is 6.92 Å². The molecule has 56 heavy (non-hydrogen) atoms. The van der Waals surface area contributed by atoms with E-state index in [0.717, 1.165) is 34.7 Å². The molecule has 1 aromatic carbocycles. The molecule has 4 atom stereocenters. The van der Waals surface area contributed by atoms with Gasteiger partial charge in [-0.25, -0.2) is 0 Å². The Morgan fingerprint density at radius 2 is 1.70 bits per heavy atom. The maximum Gasteiger partial charge on any atom is 0.425 e. The SMILES string of the molecule is CCC[C@H]1N(C(=O)c2ncccc2C(F)(F)F)CCC[C@@]1(Oc1csc(C(F)(F)F)c1)C(=O)N1CCC(O)(c2ccccc2O[C@@H]2CC[C@@](C)(C(C)=O)C2)CC1. The molecule has 1 aliphatic carbocycles. The summed E-state index contributed by atoms with van der Waals surface area (Å²) in [7, 11) is 0. The number of para-hydroxylation sites is 1. The molecule has 1 saturated carbocycles. The first-order chi connectivity index (χ1) is 26.3. The lowest BCUT2D eigenvalue weighted by molar-refractivity contribution is -0.163. The minimum Gasteiger partial charge on any atom is -0.490 e. The second kappa shape index (κ2) is 15.6. The molecule has 3 aromatic rings. The van der Waals surface area contributed by atoms with Gasteiger partial charge in [-0.05, 0) is 70.1 Å². The van der Waals surface area contributed by atoms with Crippen LogP contribution in [0.25, 0.3) is 0 Å². The van der Waals surface area contributed by atoms with Gasteiger partial charge < -0.3 is 24.4 Å². The van der Waals surface area contributed by atoms with Crippen LogP contribution in [0.5, 0.6) is 11.5 Å². The van der Waals surface area contributed by atoms with Crippen molar-refractivity contribution >= 4 is 28.9 Å². The number of aromatic nitrogens is 1. The van der Waals surface area contributed by atoms with Gasteiger partial charge in [-0.3, -0.25) is 19.4 Å². The molecule has 1 N–H and O–H groups in total. The molecule has 4 heterocycles. The summed E-state index contributed by atoms with van der Waals surface area (Å²) in [6.45, 7) is 5.18. The van der Waals surface area contributed by atoms with Gasteiger partial charge >= 0.3 is 12.4 Å². The lowest BCUT2D eigenvalue weighted by atomic mass is 9.78. The maximum atomic E-state index is 15.0. The summed E-state index contributed by atoms with van der Waals surface area (Å²) in [5.41, 5.74) is -5.51. The van der Waals surface area contributed by atoms with Gasteiger partial charge in [-0.2, -0.15) is 26.3 Å². The Bertz CT molecular complexity index is 1930. The van der Waals surface area contributed by atoms with E-state index in [1.54, 1.807) is 38.1 Å². The van der Waals surface area contributed by atoms with E-state index in [9.17, 15) is 45.8 Å². The average Bonchev–Trinajstić information content (AvgIpc) is 3.79. The van der Waals surface area contributed by atoms with Gasteiger partial charge in [-0.1, -0.05) is 38.5 Å². The molecule has 2 aliphatic heterocycles. The summed E-state index contributed by atoms with van der Waals surface area (Å²) in [5.74, 6) is -1.43. The van der Waals surface area contributed by atoms with Crippen LogP contribution in [-0.2, 0) is 27.5 Å². The Morgan fingerprint density at radius 3 is 2.32 bits per heavy atom. The number of hydrogen-bond acceptors (Lipinski definition) is 8. The number of piperidine rings is 2. The van der Waals surface area contributed by atoms with Gasteiger partial charge in [-0.15, -0.1) is 11.3 Å². The van der Waals surface area contributed by atoms with E-state index in [2.05, 4.69) is 4.98 Å². The molecule has 3 fully saturated rings. The number of ether oxygens (including phenoxy) is 2. The smallest absolute Gasteiger partial charge is 0.425 e. The topological polar surface area (TPSA) is 109 Å². The fourth-order valence-corrected chi connectivity index (χ4v) is 9.11. The van der Waals surface area contributed by atoms with Crippen molar-refractivity contribution in [2.24, 2.45) is 5.41 Å². The summed E-state index contributed by atoms with van der Waals surface area (Å²) >= 11 is 0.373. The van der Waals surface area contributed by atoms with E-state index in [4.69, 9.17) is 9.47 Å². The molecular formula is C40H45F6N3O6S. The van der Waals surface area contributed by atoms with Crippen LogP contribution in [0.4, 0.5) is 26.3 Å². The number of ketones is 1. The highest BCUT2D eigenvalue weighted by Gasteiger charge is 2.57. The lowest BCUT2D eigenvalue weighted by Gasteiger charge is -2.51. The first kappa shape index (κ1) is 41.5. The first-order valence-electron chi connectivity index (χ1n) is 18.8. The molecule has 3 aliphatic rings. The highest BCUT2D eigenvalue weighted by atomic mass is 32.1. The predicted molar refractivity (Wildman–Crippen MR) is 194 cm³/mol. The van der Waals surface area contributed by atoms with Crippen molar-refractivity contribution in [1.29, 1.82) is 0 Å². The van der Waals surface area contributed by atoms with Crippen molar-refractivity contribution in [3.8, 4) is 11.5 Å². The van der Waals surface area contributed by atoms with Crippen LogP contribution in [0.3, 0.4) is 0 Å². The van der Waals surface area contributed by atoms with E-state index < -0.39 is 63.0 Å². The number of aliphatic hydroxyl groups is 1. The zero-order valence-electron chi connectivity index (χ0n) is 31.3. The number of nitrogens with zero attached hydrogens (tertiary/aromatic N) is 3. The van der Waals surface area contributed by atoms with Gasteiger partial charge in [0.05, 0.1) is 23.3 Å². The predicted octanol–water partition coefficient (Wildman–Crippen LogP) is 8.44. The molecule has 2 aromatic heterocycles. The number of carbonyl (C=O) groups excluding carboxylic acids is 3. The quantitative estimate of drug-likeness (QED) is 0.205. The number of benzene rings is 1. The van der Waals surface area contributed by atoms with Crippen LogP contribution in [0, 0.1) is 5.41 Å². The Hall–Kier alpha value is -4.18. The van der Waals surface area contributed by atoms with Crippen molar-refractivity contribution < 1.29 is 55.3 Å². The number of amides is 2. The molecule has 0 radical (unpaired) electrons. The molecule has 6 rings (SSSR count). The summed E-state index contributed by atoms with van der Waals surface area (Å²) < 4.78 is 96.1. The number of carbonyl (C=O) groups is 3. The Kier molecular flexibility index (Phi) is 11.6. The lowest BCUT2D eigenvalue weighted by Crippen LogP contribution is -2.68. The fraction of sp³-hybridized carbons (Fsp3) is 0.550. The van der Waals surface area contributed by atoms with Crippen LogP contribution in [0.15, 0.2) is 54.0 Å². The van der Waals surface area contributed by atoms with Gasteiger partial charge in [0.15, 0.2) is 0 Å². The van der Waals surface area contributed by atoms with Crippen molar-refractivity contribution in [1.82, 2.24) is 14.8 Å². The number of thiophene rings is 1. The van der Waals surface area contributed by atoms with Crippen LogP contribution >= 0.6 is 11.3 Å². The number of Topliss-reactive ketones (excluding diaryl/α,β-unsaturated/α-hetero) is 1. The highest BCUT2D eigenvalue weighted by molar-refractivity contribution is 7.10. The minimum atomic E-state index is -4.91. The van der Waals surface area contributed by atoms with Gasteiger partial charge in [0.25, 0.3) is 11.8 Å². The summed E-state index contributed by atoms with van der Waals surface area (Å²) in [5, 5.41) is 13.2. The van der Waals surface area contributed by atoms with Gasteiger partial charge in [0.2, 0.25) is 5.60 Å². The second-order valence-corrected chi connectivity index (χ2v) is 16.3. The van der Waals surface area contributed by atoms with E-state index in [-0.39, 0.29) is 69.4 Å². The third kappa shape index (κ3) is 8.13. The molecule has 304 valence electrons. The standard InChI is InChI=1S/C40H45F6N3O6S/c1-4-9-31-38(55-27-22-32(56-24-27)40(44,45)46,14-8-19-49(31)34(51)33-29(39(41,42)43)11-7-18-47-33)35(52)48-20-16-37(53,17-21-48)28-10-5-6-12-30(28)54-26-13-15-36(3,23-26)25(2)50/h5-7,10-12,18,22,24,26,31,53H,4,8-9,13-17,19-21,23H2,1-3H3/t26-,31-,36-,38+/m1/s1. The van der Waals surface area contributed by atoms with Crippen molar-refractivity contribution in [2.75, 3.05) is 19.6 Å². The number of likely N-dealkylation sites (tertiary alicyclic amines) is 2. The number of halogens is 6. The summed E-state index contributed by atoms with van der Waals surface area (Å²) in [6, 6.07) is 8.45. The molecule has 9 nitrogen and oxygen atoms in total. The number of hydrogen-bond donors (Lipinski definition) is 1. The molecule has 2 amide bonds. The monoisotopic (exact) mass is 809 g/mol. The Balaban J connectivity index is 1.31. The van der Waals surface area contributed by atoms with E-state index >= 15 is 0 Å². The largest absolute Gasteiger partial charge is 0.490 e. The third-order valence-corrected chi connectivity index (χ3v) is 12.6. The van der Waals surface area contributed by atoms with E-state index in [0.29, 0.717) is 48.3 Å². The number of pyridine rings is 1. The fourth-order valence-electron chi connectivity index (χ4n) is 8.43. The summed E-state index contributed by atoms with van der Waals surface area (Å²) in [4.78, 5) is 46.7. The normalized spacial score (nSPS) is 25.5. The van der Waals surface area contributed by atoms with Gasteiger partial charge in [0, 0.05) is 54.7 Å². The number of alkyl halides is 6. The first-order valence-corrected chi connectivity index (χ1v) is 19.7. The molecule has 0 spiro atoms. The van der Waals surface area contributed by atoms with Crippen molar-refractivity contribution in [3.05, 3.63) is 75.7 Å². The molecule has 0 unspecified atom stereocenters. The number of rotatable bonds is 10. The van der Waals surface area contributed by atoms with Crippen LogP contribution in [-0.4, -0.2) is 74.9 Å². The summed E-state index contributed by atoms with van der Waals surface area (Å²) in [6.07, 6.45) is -6.34. The third-order valence-electron chi connectivity index (χ3n) is 11.6. The molecular weight excluding hydrogens is 765 g/mol. The van der Waals surface area contributed by atoms with Gasteiger partial charge in [0.1, 0.15) is 27.9 Å². The van der Waals surface area contributed by atoms with Crippen LogP contribution in [0.2, 0.25) is 0 Å². The van der Waals surface area contributed by atoms with Crippen molar-refractivity contribution in [2.45, 2.75) is 114 Å². The van der Waals surface area contributed by atoms with E-state index in [1.165, 1.54) is 4.90 Å². The zero-order valence-corrected chi connectivity index (χ0v) is 32.2. The zero-order chi connectivity index (χ0) is 40.7. The van der Waals surface area contributed by atoms with Crippen LogP contribution < -0.4 is 9.47 Å². The van der Waals surface area contributed by atoms with Crippen LogP contribution in [0.1, 0.15) is 105 Å². The Labute approximate surface area is 325 Å². The van der Waals surface area contributed by atoms with Crippen molar-refractivity contribution in [3.63, 3.8) is 0 Å². The average molecular weight is 810 g/mol. The maximum absolute atomic E-state index is 15.0. The molecule has 0 bridgehead atoms. The second-order valence-electron chi connectivity index (χ2n) is 15.4. The Morgan fingerprint density at radius 1 is 0.982 bits per heavy atom. The minimum absolute atomic E-state index is 0.0106.